The van der Waals surface area contributed by atoms with Crippen LogP contribution in [0, 0.1) is 0 Å². The van der Waals surface area contributed by atoms with Gasteiger partial charge in [0.15, 0.2) is 0 Å². The second-order valence-electron chi connectivity index (χ2n) is 3.57. The van der Waals surface area contributed by atoms with Gasteiger partial charge >= 0.3 is 0 Å². The molecule has 64 valence electrons. The molecule has 1 N–H and O–H groups in total. The number of β-amino-alcohol motifs (C(OH)–C–C–N with tert-alkyl or cyclic N) is 1. The van der Waals surface area contributed by atoms with Gasteiger partial charge in [-0.25, -0.2) is 0 Å². The highest BCUT2D eigenvalue weighted by molar-refractivity contribution is 8.02. The second-order valence-corrected chi connectivity index (χ2v) is 4.39. The van der Waals surface area contributed by atoms with Crippen molar-refractivity contribution in [2.45, 2.75) is 26.4 Å². The summed E-state index contributed by atoms with van der Waals surface area (Å²) in [5, 5.41) is 11.6. The van der Waals surface area contributed by atoms with Crippen molar-refractivity contribution in [3.05, 3.63) is 11.1 Å². The molecule has 0 radical (unpaired) electrons. The number of thioether (sulfide) groups is 1. The van der Waals surface area contributed by atoms with Crippen LogP contribution in [0.2, 0.25) is 0 Å². The van der Waals surface area contributed by atoms with Crippen LogP contribution in [-0.4, -0.2) is 28.0 Å². The Kier molecular flexibility index (Phi) is 2.50. The minimum absolute atomic E-state index is 0.583. The lowest BCUT2D eigenvalue weighted by atomic mass is 10.1. The molecule has 2 nitrogen and oxygen atoms in total. The van der Waals surface area contributed by atoms with Crippen molar-refractivity contribution >= 4 is 11.8 Å². The predicted molar refractivity (Wildman–Crippen MR) is 49.2 cm³/mol. The molecule has 0 aromatic carbocycles. The smallest absolute Gasteiger partial charge is 0.0766 e. The molecule has 0 atom stereocenters. The third-order valence-electron chi connectivity index (χ3n) is 1.56. The first kappa shape index (κ1) is 8.94. The maximum absolute atomic E-state index is 9.52. The Morgan fingerprint density at radius 2 is 2.36 bits per heavy atom. The molecule has 0 saturated heterocycles. The minimum Gasteiger partial charge on any atom is -0.389 e. The molecule has 0 aromatic rings. The monoisotopic (exact) mass is 173 g/mol. The van der Waals surface area contributed by atoms with Gasteiger partial charge in [-0.15, -0.1) is 11.8 Å². The quantitative estimate of drug-likeness (QED) is 0.686. The number of hydrogen-bond donors (Lipinski definition) is 1. The molecule has 0 aromatic heterocycles. The molecule has 11 heavy (non-hydrogen) atoms. The molecule has 1 aliphatic rings. The number of rotatable bonds is 2. The topological polar surface area (TPSA) is 23.5 Å². The standard InChI is InChI=1S/C8H15NOS/c1-7-4-11-6-9(7)5-8(2,3)10/h4,10H,5-6H2,1-3H3. The molecule has 0 saturated carbocycles. The molecule has 0 amide bonds. The highest BCUT2D eigenvalue weighted by Crippen LogP contribution is 2.23. The Labute approximate surface area is 72.3 Å². The average molecular weight is 173 g/mol. The van der Waals surface area contributed by atoms with Gasteiger partial charge in [-0.1, -0.05) is 0 Å². The maximum atomic E-state index is 9.52. The zero-order valence-electron chi connectivity index (χ0n) is 7.29. The van der Waals surface area contributed by atoms with E-state index < -0.39 is 5.60 Å². The van der Waals surface area contributed by atoms with Crippen LogP contribution < -0.4 is 0 Å². The third kappa shape index (κ3) is 2.75. The van der Waals surface area contributed by atoms with Gasteiger partial charge in [0.2, 0.25) is 0 Å². The van der Waals surface area contributed by atoms with Crippen molar-refractivity contribution in [3.63, 3.8) is 0 Å². The van der Waals surface area contributed by atoms with Gasteiger partial charge < -0.3 is 10.0 Å². The summed E-state index contributed by atoms with van der Waals surface area (Å²) in [6, 6.07) is 0. The van der Waals surface area contributed by atoms with Gasteiger partial charge in [0.05, 0.1) is 11.5 Å². The van der Waals surface area contributed by atoms with E-state index in [0.29, 0.717) is 0 Å². The van der Waals surface area contributed by atoms with Crippen molar-refractivity contribution < 1.29 is 5.11 Å². The third-order valence-corrected chi connectivity index (χ3v) is 2.53. The Morgan fingerprint density at radius 1 is 1.73 bits per heavy atom. The zero-order valence-corrected chi connectivity index (χ0v) is 8.11. The van der Waals surface area contributed by atoms with Crippen molar-refractivity contribution in [3.8, 4) is 0 Å². The largest absolute Gasteiger partial charge is 0.389 e. The molecule has 0 aliphatic carbocycles. The summed E-state index contributed by atoms with van der Waals surface area (Å²) >= 11 is 1.78. The minimum atomic E-state index is -0.583. The summed E-state index contributed by atoms with van der Waals surface area (Å²) < 4.78 is 0. The maximum Gasteiger partial charge on any atom is 0.0766 e. The van der Waals surface area contributed by atoms with E-state index in [-0.39, 0.29) is 0 Å². The first-order valence-corrected chi connectivity index (χ1v) is 4.80. The lowest BCUT2D eigenvalue weighted by molar-refractivity contribution is 0.0528. The first-order chi connectivity index (χ1) is 4.99. The van der Waals surface area contributed by atoms with Gasteiger partial charge in [-0.05, 0) is 26.2 Å². The summed E-state index contributed by atoms with van der Waals surface area (Å²) in [5.41, 5.74) is 0.678. The molecule has 3 heteroatoms. The number of hydrogen-bond acceptors (Lipinski definition) is 3. The zero-order chi connectivity index (χ0) is 8.48. The average Bonchev–Trinajstić information content (AvgIpc) is 2.12. The molecule has 0 spiro atoms. The summed E-state index contributed by atoms with van der Waals surface area (Å²) in [7, 11) is 0. The molecule has 0 bridgehead atoms. The van der Waals surface area contributed by atoms with Gasteiger partial charge in [0.1, 0.15) is 0 Å². The van der Waals surface area contributed by atoms with Crippen LogP contribution in [-0.2, 0) is 0 Å². The fourth-order valence-corrected chi connectivity index (χ4v) is 2.00. The summed E-state index contributed by atoms with van der Waals surface area (Å²) in [6.07, 6.45) is 0. The first-order valence-electron chi connectivity index (χ1n) is 3.75. The van der Waals surface area contributed by atoms with E-state index in [1.807, 2.05) is 13.8 Å². The highest BCUT2D eigenvalue weighted by atomic mass is 32.2. The van der Waals surface area contributed by atoms with E-state index in [2.05, 4.69) is 17.2 Å². The predicted octanol–water partition coefficient (Wildman–Crippen LogP) is 1.62. The van der Waals surface area contributed by atoms with Crippen LogP contribution in [0.5, 0.6) is 0 Å². The van der Waals surface area contributed by atoms with E-state index in [9.17, 15) is 5.11 Å². The van der Waals surface area contributed by atoms with Gasteiger partial charge in [0.25, 0.3) is 0 Å². The van der Waals surface area contributed by atoms with Crippen LogP contribution in [0.1, 0.15) is 20.8 Å². The molecule has 1 heterocycles. The fourth-order valence-electron chi connectivity index (χ4n) is 1.06. The van der Waals surface area contributed by atoms with Crippen LogP contribution in [0.3, 0.4) is 0 Å². The number of nitrogens with zero attached hydrogens (tertiary/aromatic N) is 1. The van der Waals surface area contributed by atoms with Crippen LogP contribution in [0.4, 0.5) is 0 Å². The fraction of sp³-hybridized carbons (Fsp3) is 0.750. The summed E-state index contributed by atoms with van der Waals surface area (Å²) in [4.78, 5) is 2.19. The van der Waals surface area contributed by atoms with Crippen molar-refractivity contribution in [2.75, 3.05) is 12.4 Å². The Hall–Kier alpha value is -0.150. The SMILES string of the molecule is CC1=CSCN1CC(C)(C)O. The van der Waals surface area contributed by atoms with Crippen LogP contribution >= 0.6 is 11.8 Å². The van der Waals surface area contributed by atoms with Gasteiger partial charge in [0, 0.05) is 12.2 Å². The Morgan fingerprint density at radius 3 is 2.73 bits per heavy atom. The molecular formula is C8H15NOS. The number of aliphatic hydroxyl groups is 1. The van der Waals surface area contributed by atoms with Crippen molar-refractivity contribution in [2.24, 2.45) is 0 Å². The van der Waals surface area contributed by atoms with Crippen molar-refractivity contribution in [1.82, 2.24) is 4.90 Å². The molecule has 0 fully saturated rings. The lowest BCUT2D eigenvalue weighted by Crippen LogP contribution is -2.35. The van der Waals surface area contributed by atoms with Gasteiger partial charge in [-0.2, -0.15) is 0 Å². The van der Waals surface area contributed by atoms with E-state index in [1.165, 1.54) is 5.70 Å². The Bertz CT molecular complexity index is 171. The lowest BCUT2D eigenvalue weighted by Gasteiger charge is -2.27. The van der Waals surface area contributed by atoms with Crippen LogP contribution in [0.15, 0.2) is 11.1 Å². The number of allylic oxidation sites excluding steroid dienone is 1. The highest BCUT2D eigenvalue weighted by Gasteiger charge is 2.20. The molecule has 1 aliphatic heterocycles. The molecule has 0 unspecified atom stereocenters. The van der Waals surface area contributed by atoms with E-state index >= 15 is 0 Å². The van der Waals surface area contributed by atoms with E-state index in [1.54, 1.807) is 11.8 Å². The van der Waals surface area contributed by atoms with Crippen LogP contribution in [0.25, 0.3) is 0 Å². The molecular weight excluding hydrogens is 158 g/mol. The summed E-state index contributed by atoms with van der Waals surface area (Å²) in [6.45, 7) is 6.47. The van der Waals surface area contributed by atoms with Crippen molar-refractivity contribution in [1.29, 1.82) is 0 Å². The van der Waals surface area contributed by atoms with E-state index in [4.69, 9.17) is 0 Å². The molecule has 1 rings (SSSR count). The second kappa shape index (κ2) is 3.07. The summed E-state index contributed by atoms with van der Waals surface area (Å²) in [5.74, 6) is 0.982. The van der Waals surface area contributed by atoms with E-state index in [0.717, 1.165) is 12.4 Å². The van der Waals surface area contributed by atoms with Gasteiger partial charge in [-0.3, -0.25) is 0 Å². The Balaban J connectivity index is 2.45. The normalized spacial score (nSPS) is 18.9.